The summed E-state index contributed by atoms with van der Waals surface area (Å²) < 4.78 is 27.9. The first-order chi connectivity index (χ1) is 9.82. The highest BCUT2D eigenvalue weighted by molar-refractivity contribution is 9.10. The van der Waals surface area contributed by atoms with Crippen LogP contribution in [0, 0.1) is 11.6 Å². The number of carbonyl (C=O) groups excluding carboxylic acids is 1. The summed E-state index contributed by atoms with van der Waals surface area (Å²) in [7, 11) is 0. The number of piperazine rings is 1. The van der Waals surface area contributed by atoms with E-state index in [1.54, 1.807) is 13.8 Å². The molecule has 1 fully saturated rings. The number of carbonyl (C=O) groups is 1. The molecule has 0 atom stereocenters. The largest absolute Gasteiger partial charge is 0.320 e. The predicted octanol–water partition coefficient (Wildman–Crippen LogP) is 2.35. The Morgan fingerprint density at radius 1 is 1.29 bits per heavy atom. The number of hydrogen-bond acceptors (Lipinski definition) is 3. The number of anilines is 1. The monoisotopic (exact) mass is 361 g/mol. The molecule has 4 nitrogen and oxygen atoms in total. The van der Waals surface area contributed by atoms with Gasteiger partial charge in [0.1, 0.15) is 5.69 Å². The first kappa shape index (κ1) is 16.3. The molecule has 0 spiro atoms. The molecule has 2 N–H and O–H groups in total. The lowest BCUT2D eigenvalue weighted by Gasteiger charge is -2.39. The Kier molecular flexibility index (Phi) is 4.95. The van der Waals surface area contributed by atoms with Crippen molar-refractivity contribution in [3.8, 4) is 0 Å². The molecule has 1 aromatic carbocycles. The lowest BCUT2D eigenvalue weighted by Crippen LogP contribution is -2.58. The van der Waals surface area contributed by atoms with Gasteiger partial charge in [0.2, 0.25) is 5.91 Å². The van der Waals surface area contributed by atoms with Crippen LogP contribution in [0.1, 0.15) is 13.8 Å². The minimum Gasteiger partial charge on any atom is -0.320 e. The molecule has 0 saturated carbocycles. The average molecular weight is 362 g/mol. The summed E-state index contributed by atoms with van der Waals surface area (Å²) in [5.74, 6) is -2.03. The van der Waals surface area contributed by atoms with E-state index in [4.69, 9.17) is 0 Å². The Bertz CT molecular complexity index is 522. The molecule has 7 heteroatoms. The van der Waals surface area contributed by atoms with Crippen molar-refractivity contribution in [2.75, 3.05) is 31.5 Å². The molecule has 1 amide bonds. The van der Waals surface area contributed by atoms with Crippen molar-refractivity contribution in [3.05, 3.63) is 28.2 Å². The summed E-state index contributed by atoms with van der Waals surface area (Å²) in [6, 6.07) is 2.24. The molecular formula is C14H18BrF2N3O. The van der Waals surface area contributed by atoms with Crippen molar-refractivity contribution in [1.82, 2.24) is 10.2 Å². The summed E-state index contributed by atoms with van der Waals surface area (Å²) >= 11 is 3.01. The van der Waals surface area contributed by atoms with E-state index in [1.165, 1.54) is 0 Å². The topological polar surface area (TPSA) is 44.4 Å². The van der Waals surface area contributed by atoms with Gasteiger partial charge in [-0.25, -0.2) is 8.78 Å². The number of amides is 1. The molecule has 1 saturated heterocycles. The SMILES string of the molecule is CC(C)(C(=O)Nc1c(F)cc(Br)cc1F)N1CCNCC1. The Morgan fingerprint density at radius 3 is 2.33 bits per heavy atom. The minimum absolute atomic E-state index is 0.289. The van der Waals surface area contributed by atoms with Crippen molar-refractivity contribution in [3.63, 3.8) is 0 Å². The van der Waals surface area contributed by atoms with Gasteiger partial charge in [-0.1, -0.05) is 15.9 Å². The third kappa shape index (κ3) is 3.59. The maximum atomic E-state index is 13.8. The van der Waals surface area contributed by atoms with E-state index in [-0.39, 0.29) is 4.47 Å². The van der Waals surface area contributed by atoms with Crippen LogP contribution in [-0.4, -0.2) is 42.5 Å². The fourth-order valence-corrected chi connectivity index (χ4v) is 2.70. The molecular weight excluding hydrogens is 344 g/mol. The van der Waals surface area contributed by atoms with Crippen molar-refractivity contribution in [1.29, 1.82) is 0 Å². The fourth-order valence-electron chi connectivity index (χ4n) is 2.30. The Balaban J connectivity index is 2.17. The smallest absolute Gasteiger partial charge is 0.244 e. The zero-order valence-electron chi connectivity index (χ0n) is 12.0. The maximum Gasteiger partial charge on any atom is 0.244 e. The van der Waals surface area contributed by atoms with Crippen molar-refractivity contribution >= 4 is 27.5 Å². The molecule has 116 valence electrons. The van der Waals surface area contributed by atoms with E-state index < -0.39 is 28.8 Å². The number of rotatable bonds is 3. The average Bonchev–Trinajstić information content (AvgIpc) is 2.43. The third-order valence-electron chi connectivity index (χ3n) is 3.71. The Morgan fingerprint density at radius 2 is 1.81 bits per heavy atom. The second kappa shape index (κ2) is 6.37. The molecule has 1 aromatic rings. The van der Waals surface area contributed by atoms with Gasteiger partial charge in [-0.15, -0.1) is 0 Å². The van der Waals surface area contributed by atoms with Crippen LogP contribution in [0.25, 0.3) is 0 Å². The van der Waals surface area contributed by atoms with Crippen molar-refractivity contribution < 1.29 is 13.6 Å². The zero-order chi connectivity index (χ0) is 15.6. The van der Waals surface area contributed by atoms with Crippen LogP contribution >= 0.6 is 15.9 Å². The summed E-state index contributed by atoms with van der Waals surface area (Å²) in [5.41, 5.74) is -1.25. The standard InChI is InChI=1S/C14H18BrF2N3O/c1-14(2,20-5-3-18-4-6-20)13(21)19-12-10(16)7-9(15)8-11(12)17/h7-8,18H,3-6H2,1-2H3,(H,19,21). The maximum absolute atomic E-state index is 13.8. The van der Waals surface area contributed by atoms with E-state index in [0.29, 0.717) is 13.1 Å². The van der Waals surface area contributed by atoms with Gasteiger partial charge in [0.25, 0.3) is 0 Å². The lowest BCUT2D eigenvalue weighted by molar-refractivity contribution is -0.126. The highest BCUT2D eigenvalue weighted by atomic mass is 79.9. The van der Waals surface area contributed by atoms with Crippen LogP contribution in [0.15, 0.2) is 16.6 Å². The Hall–Kier alpha value is -1.05. The van der Waals surface area contributed by atoms with Gasteiger partial charge in [-0.05, 0) is 26.0 Å². The van der Waals surface area contributed by atoms with E-state index in [2.05, 4.69) is 26.6 Å². The minimum atomic E-state index is -0.839. The van der Waals surface area contributed by atoms with Crippen molar-refractivity contribution in [2.24, 2.45) is 0 Å². The second-order valence-electron chi connectivity index (χ2n) is 5.49. The number of benzene rings is 1. The number of nitrogens with zero attached hydrogens (tertiary/aromatic N) is 1. The summed E-state index contributed by atoms with van der Waals surface area (Å²) in [6.45, 7) is 6.51. The van der Waals surface area contributed by atoms with Crippen LogP contribution in [0.2, 0.25) is 0 Å². The van der Waals surface area contributed by atoms with Crippen LogP contribution in [0.3, 0.4) is 0 Å². The molecule has 2 rings (SSSR count). The highest BCUT2D eigenvalue weighted by Gasteiger charge is 2.35. The van der Waals surface area contributed by atoms with E-state index >= 15 is 0 Å². The molecule has 0 aromatic heterocycles. The number of nitrogens with one attached hydrogen (secondary N) is 2. The van der Waals surface area contributed by atoms with E-state index in [9.17, 15) is 13.6 Å². The van der Waals surface area contributed by atoms with Gasteiger partial charge in [-0.3, -0.25) is 9.69 Å². The normalized spacial score (nSPS) is 16.8. The third-order valence-corrected chi connectivity index (χ3v) is 4.17. The number of halogens is 3. The lowest BCUT2D eigenvalue weighted by atomic mass is 10.00. The van der Waals surface area contributed by atoms with Crippen LogP contribution < -0.4 is 10.6 Å². The molecule has 0 aliphatic carbocycles. The molecule has 21 heavy (non-hydrogen) atoms. The van der Waals surface area contributed by atoms with E-state index in [1.807, 2.05) is 4.90 Å². The quantitative estimate of drug-likeness (QED) is 0.868. The van der Waals surface area contributed by atoms with E-state index in [0.717, 1.165) is 25.2 Å². The van der Waals surface area contributed by atoms with Crippen LogP contribution in [0.5, 0.6) is 0 Å². The molecule has 0 bridgehead atoms. The van der Waals surface area contributed by atoms with Gasteiger partial charge in [0.05, 0.1) is 5.54 Å². The van der Waals surface area contributed by atoms with Crippen LogP contribution in [0.4, 0.5) is 14.5 Å². The molecule has 1 aliphatic heterocycles. The highest BCUT2D eigenvalue weighted by Crippen LogP contribution is 2.25. The van der Waals surface area contributed by atoms with Gasteiger partial charge < -0.3 is 10.6 Å². The van der Waals surface area contributed by atoms with Gasteiger partial charge >= 0.3 is 0 Å². The van der Waals surface area contributed by atoms with Gasteiger partial charge in [-0.2, -0.15) is 0 Å². The molecule has 1 heterocycles. The zero-order valence-corrected chi connectivity index (χ0v) is 13.6. The van der Waals surface area contributed by atoms with Gasteiger partial charge in [0.15, 0.2) is 11.6 Å². The van der Waals surface area contributed by atoms with Crippen molar-refractivity contribution in [2.45, 2.75) is 19.4 Å². The number of hydrogen-bond donors (Lipinski definition) is 2. The van der Waals surface area contributed by atoms with Gasteiger partial charge in [0, 0.05) is 30.7 Å². The predicted molar refractivity (Wildman–Crippen MR) is 81.2 cm³/mol. The summed E-state index contributed by atoms with van der Waals surface area (Å²) in [5, 5.41) is 5.57. The first-order valence-corrected chi connectivity index (χ1v) is 7.53. The molecule has 0 unspecified atom stereocenters. The Labute approximate surface area is 131 Å². The second-order valence-corrected chi connectivity index (χ2v) is 6.41. The molecule has 1 aliphatic rings. The molecule has 0 radical (unpaired) electrons. The first-order valence-electron chi connectivity index (χ1n) is 6.74. The summed E-state index contributed by atoms with van der Waals surface area (Å²) in [6.07, 6.45) is 0. The fraction of sp³-hybridized carbons (Fsp3) is 0.500. The van der Waals surface area contributed by atoms with Crippen LogP contribution in [-0.2, 0) is 4.79 Å². The summed E-state index contributed by atoms with van der Waals surface area (Å²) in [4.78, 5) is 14.4.